The fraction of sp³-hybridized carbons (Fsp3) is 0.200. The van der Waals surface area contributed by atoms with Crippen molar-refractivity contribution in [2.24, 2.45) is 0 Å². The molecule has 0 spiro atoms. The Balaban J connectivity index is 2.10. The van der Waals surface area contributed by atoms with Gasteiger partial charge in [0.2, 0.25) is 0 Å². The lowest BCUT2D eigenvalue weighted by Crippen LogP contribution is -2.38. The molecule has 0 aromatic carbocycles. The van der Waals surface area contributed by atoms with Crippen molar-refractivity contribution >= 4 is 28.9 Å². The normalized spacial score (nSPS) is 10.4. The van der Waals surface area contributed by atoms with Crippen LogP contribution in [0.5, 0.6) is 0 Å². The molecule has 7 heteroatoms. The van der Waals surface area contributed by atoms with Crippen LogP contribution in [0.3, 0.4) is 0 Å². The molecule has 17 heavy (non-hydrogen) atoms. The number of aliphatic carboxylic acids is 1. The standard InChI is InChI=1S/C10H8ClN3O2S/c11-8-6-17-10(13-8)7-1-3-14(12-5-7)4-2-9(15)16/h1,3,5-6H,2,4H2/p+1. The summed E-state index contributed by atoms with van der Waals surface area (Å²) in [5.41, 5.74) is 0.869. The third kappa shape index (κ3) is 3.21. The Morgan fingerprint density at radius 2 is 2.41 bits per heavy atom. The lowest BCUT2D eigenvalue weighted by atomic mass is 10.3. The molecule has 0 unspecified atom stereocenters. The average molecular weight is 271 g/mol. The molecule has 2 rings (SSSR count). The van der Waals surface area contributed by atoms with E-state index in [0.29, 0.717) is 11.7 Å². The first-order valence-electron chi connectivity index (χ1n) is 4.84. The van der Waals surface area contributed by atoms with Crippen LogP contribution in [0, 0.1) is 0 Å². The first-order chi connectivity index (χ1) is 8.15. The summed E-state index contributed by atoms with van der Waals surface area (Å²) < 4.78 is 1.58. The number of carbonyl (C=O) groups is 1. The highest BCUT2D eigenvalue weighted by Crippen LogP contribution is 2.24. The molecule has 0 saturated heterocycles. The molecule has 2 heterocycles. The number of aromatic nitrogens is 3. The van der Waals surface area contributed by atoms with Gasteiger partial charge >= 0.3 is 5.97 Å². The van der Waals surface area contributed by atoms with Crippen LogP contribution in [0.1, 0.15) is 6.42 Å². The van der Waals surface area contributed by atoms with E-state index < -0.39 is 5.97 Å². The third-order valence-corrected chi connectivity index (χ3v) is 3.26. The smallest absolute Gasteiger partial charge is 0.309 e. The van der Waals surface area contributed by atoms with Crippen LogP contribution in [0.4, 0.5) is 0 Å². The monoisotopic (exact) mass is 270 g/mol. The van der Waals surface area contributed by atoms with Crippen LogP contribution in [0.15, 0.2) is 23.8 Å². The van der Waals surface area contributed by atoms with E-state index in [1.54, 1.807) is 22.5 Å². The number of carboxylic acids is 1. The van der Waals surface area contributed by atoms with Crippen LogP contribution in [0.25, 0.3) is 10.6 Å². The molecule has 0 aliphatic carbocycles. The zero-order valence-electron chi connectivity index (χ0n) is 8.71. The maximum atomic E-state index is 10.4. The van der Waals surface area contributed by atoms with Crippen molar-refractivity contribution in [1.82, 2.24) is 10.1 Å². The van der Waals surface area contributed by atoms with Crippen molar-refractivity contribution in [2.45, 2.75) is 13.0 Å². The second-order valence-electron chi connectivity index (χ2n) is 3.30. The van der Waals surface area contributed by atoms with Crippen molar-refractivity contribution in [2.75, 3.05) is 0 Å². The number of thiazole rings is 1. The topological polar surface area (TPSA) is 67.0 Å². The molecule has 0 aliphatic rings. The minimum Gasteiger partial charge on any atom is -0.481 e. The number of hydrogen-bond donors (Lipinski definition) is 1. The molecule has 0 saturated carbocycles. The van der Waals surface area contributed by atoms with Crippen LogP contribution in [0.2, 0.25) is 5.15 Å². The van der Waals surface area contributed by atoms with E-state index >= 15 is 0 Å². The summed E-state index contributed by atoms with van der Waals surface area (Å²) in [6.07, 6.45) is 3.44. The van der Waals surface area contributed by atoms with Crippen LogP contribution < -0.4 is 4.68 Å². The number of hydrogen-bond acceptors (Lipinski definition) is 4. The Labute approximate surface area is 106 Å². The molecule has 2 aromatic heterocycles. The van der Waals surface area contributed by atoms with Crippen molar-refractivity contribution in [1.29, 1.82) is 0 Å². The maximum absolute atomic E-state index is 10.4. The quantitative estimate of drug-likeness (QED) is 0.858. The zero-order valence-corrected chi connectivity index (χ0v) is 10.3. The Morgan fingerprint density at radius 3 is 2.94 bits per heavy atom. The Hall–Kier alpha value is -1.53. The summed E-state index contributed by atoms with van der Waals surface area (Å²) in [7, 11) is 0. The number of nitrogens with zero attached hydrogens (tertiary/aromatic N) is 3. The van der Waals surface area contributed by atoms with E-state index in [1.165, 1.54) is 11.3 Å². The highest BCUT2D eigenvalue weighted by Gasteiger charge is 2.09. The van der Waals surface area contributed by atoms with Crippen molar-refractivity contribution in [3.8, 4) is 10.6 Å². The molecular weight excluding hydrogens is 262 g/mol. The van der Waals surface area contributed by atoms with Gasteiger partial charge in [0, 0.05) is 17.0 Å². The molecule has 0 atom stereocenters. The van der Waals surface area contributed by atoms with Gasteiger partial charge in [0.15, 0.2) is 12.7 Å². The maximum Gasteiger partial charge on any atom is 0.309 e. The van der Waals surface area contributed by atoms with Crippen LogP contribution >= 0.6 is 22.9 Å². The molecule has 0 fully saturated rings. The van der Waals surface area contributed by atoms with Gasteiger partial charge in [-0.1, -0.05) is 16.3 Å². The van der Waals surface area contributed by atoms with Crippen LogP contribution in [-0.4, -0.2) is 21.2 Å². The Morgan fingerprint density at radius 1 is 1.59 bits per heavy atom. The van der Waals surface area contributed by atoms with Crippen LogP contribution in [-0.2, 0) is 11.3 Å². The van der Waals surface area contributed by atoms with Gasteiger partial charge in [-0.05, 0) is 5.10 Å². The van der Waals surface area contributed by atoms with Gasteiger partial charge in [-0.15, -0.1) is 11.3 Å². The molecule has 0 amide bonds. The highest BCUT2D eigenvalue weighted by atomic mass is 35.5. The fourth-order valence-electron chi connectivity index (χ4n) is 1.24. The van der Waals surface area contributed by atoms with E-state index in [1.807, 2.05) is 6.07 Å². The largest absolute Gasteiger partial charge is 0.481 e. The second-order valence-corrected chi connectivity index (χ2v) is 4.54. The summed E-state index contributed by atoms with van der Waals surface area (Å²) in [4.78, 5) is 14.5. The first kappa shape index (κ1) is 11.9. The van der Waals surface area contributed by atoms with Crippen molar-refractivity contribution in [3.63, 3.8) is 0 Å². The first-order valence-corrected chi connectivity index (χ1v) is 6.10. The van der Waals surface area contributed by atoms with E-state index in [2.05, 4.69) is 10.1 Å². The third-order valence-electron chi connectivity index (χ3n) is 2.05. The molecule has 0 radical (unpaired) electrons. The van der Waals surface area contributed by atoms with Gasteiger partial charge < -0.3 is 5.11 Å². The van der Waals surface area contributed by atoms with Gasteiger partial charge in [0.25, 0.3) is 0 Å². The van der Waals surface area contributed by atoms with Gasteiger partial charge in [-0.3, -0.25) is 4.79 Å². The Bertz CT molecular complexity index is 527. The highest BCUT2D eigenvalue weighted by molar-refractivity contribution is 7.13. The SMILES string of the molecule is O=C(O)CC[n+]1ccc(-c2nc(Cl)cs2)cn1. The second kappa shape index (κ2) is 5.20. The molecule has 2 aromatic rings. The van der Waals surface area contributed by atoms with Gasteiger partial charge in [-0.2, -0.15) is 0 Å². The average Bonchev–Trinajstić information content (AvgIpc) is 2.74. The predicted octanol–water partition coefficient (Wildman–Crippen LogP) is 1.62. The molecule has 5 nitrogen and oxygen atoms in total. The van der Waals surface area contributed by atoms with Crippen molar-refractivity contribution < 1.29 is 14.6 Å². The molecule has 88 valence electrons. The minimum atomic E-state index is -0.838. The summed E-state index contributed by atoms with van der Waals surface area (Å²) in [6.45, 7) is 0.355. The summed E-state index contributed by atoms with van der Waals surface area (Å²) in [5.74, 6) is -0.838. The van der Waals surface area contributed by atoms with E-state index in [4.69, 9.17) is 16.7 Å². The lowest BCUT2D eigenvalue weighted by Gasteiger charge is -1.94. The van der Waals surface area contributed by atoms with Gasteiger partial charge in [0.1, 0.15) is 22.8 Å². The Kier molecular flexibility index (Phi) is 3.65. The number of aryl methyl sites for hydroxylation is 1. The lowest BCUT2D eigenvalue weighted by molar-refractivity contribution is -0.752. The van der Waals surface area contributed by atoms with E-state index in [-0.39, 0.29) is 6.42 Å². The van der Waals surface area contributed by atoms with Gasteiger partial charge in [0.05, 0.1) is 0 Å². The summed E-state index contributed by atoms with van der Waals surface area (Å²) in [5, 5.41) is 15.7. The summed E-state index contributed by atoms with van der Waals surface area (Å²) in [6, 6.07) is 1.84. The molecule has 0 bridgehead atoms. The van der Waals surface area contributed by atoms with E-state index in [9.17, 15) is 4.79 Å². The molecule has 1 N–H and O–H groups in total. The number of rotatable bonds is 4. The van der Waals surface area contributed by atoms with Gasteiger partial charge in [-0.25, -0.2) is 4.98 Å². The number of halogens is 1. The molecule has 0 aliphatic heterocycles. The number of carboxylic acid groups (broad SMARTS) is 1. The fourth-order valence-corrected chi connectivity index (χ4v) is 2.18. The summed E-state index contributed by atoms with van der Waals surface area (Å²) >= 11 is 7.17. The van der Waals surface area contributed by atoms with E-state index in [0.717, 1.165) is 10.6 Å². The predicted molar refractivity (Wildman–Crippen MR) is 62.8 cm³/mol. The van der Waals surface area contributed by atoms with Crippen molar-refractivity contribution in [3.05, 3.63) is 29.0 Å². The zero-order chi connectivity index (χ0) is 12.3. The minimum absolute atomic E-state index is 0.0556. The molecular formula is C10H9ClN3O2S+.